The lowest BCUT2D eigenvalue weighted by atomic mass is 10.1. The smallest absolute Gasteiger partial charge is 0.257 e. The Hall–Kier alpha value is -3.70. The van der Waals surface area contributed by atoms with E-state index in [9.17, 15) is 14.0 Å². The molecule has 0 spiro atoms. The number of thiophene rings is 1. The van der Waals surface area contributed by atoms with E-state index in [-0.39, 0.29) is 17.2 Å². The van der Waals surface area contributed by atoms with Gasteiger partial charge in [-0.1, -0.05) is 30.0 Å². The fourth-order valence-electron chi connectivity index (χ4n) is 2.79. The average Bonchev–Trinajstić information content (AvgIpc) is 3.44. The van der Waals surface area contributed by atoms with Gasteiger partial charge in [-0.25, -0.2) is 9.07 Å². The van der Waals surface area contributed by atoms with Crippen LogP contribution < -0.4 is 16.5 Å². The second-order valence-electron chi connectivity index (χ2n) is 6.50. The molecule has 0 radical (unpaired) electrons. The van der Waals surface area contributed by atoms with Crippen molar-refractivity contribution in [2.24, 2.45) is 0 Å². The summed E-state index contributed by atoms with van der Waals surface area (Å²) in [5, 5.41) is 15.8. The van der Waals surface area contributed by atoms with Gasteiger partial charge in [0.1, 0.15) is 5.82 Å². The van der Waals surface area contributed by atoms with Crippen molar-refractivity contribution in [1.82, 2.24) is 14.9 Å². The number of aromatic nitrogens is 3. The van der Waals surface area contributed by atoms with E-state index in [4.69, 9.17) is 5.84 Å². The maximum Gasteiger partial charge on any atom is 0.257 e. The Bertz CT molecular complexity index is 1240. The van der Waals surface area contributed by atoms with E-state index in [2.05, 4.69) is 20.8 Å². The Labute approximate surface area is 190 Å². The van der Waals surface area contributed by atoms with Crippen LogP contribution in [-0.2, 0) is 4.79 Å². The lowest BCUT2D eigenvalue weighted by Crippen LogP contribution is -2.20. The van der Waals surface area contributed by atoms with Crippen molar-refractivity contribution in [2.75, 3.05) is 22.2 Å². The molecular formula is C21H17FN6O2S2. The largest absolute Gasteiger partial charge is 0.335 e. The van der Waals surface area contributed by atoms with E-state index in [1.54, 1.807) is 24.3 Å². The minimum absolute atomic E-state index is 0.0215. The molecule has 0 aliphatic heterocycles. The summed E-state index contributed by atoms with van der Waals surface area (Å²) >= 11 is 2.62. The molecule has 4 rings (SSSR count). The van der Waals surface area contributed by atoms with Crippen molar-refractivity contribution in [1.29, 1.82) is 0 Å². The summed E-state index contributed by atoms with van der Waals surface area (Å²) < 4.78 is 14.4. The van der Waals surface area contributed by atoms with Gasteiger partial charge >= 0.3 is 0 Å². The molecule has 2 aromatic heterocycles. The highest BCUT2D eigenvalue weighted by Crippen LogP contribution is 2.25. The van der Waals surface area contributed by atoms with Crippen LogP contribution in [0, 0.1) is 5.82 Å². The van der Waals surface area contributed by atoms with Crippen LogP contribution >= 0.6 is 23.1 Å². The van der Waals surface area contributed by atoms with E-state index >= 15 is 0 Å². The van der Waals surface area contributed by atoms with Gasteiger partial charge in [0.2, 0.25) is 11.1 Å². The zero-order chi connectivity index (χ0) is 22.5. The molecule has 0 fully saturated rings. The van der Waals surface area contributed by atoms with E-state index in [0.717, 1.165) is 16.6 Å². The molecule has 162 valence electrons. The van der Waals surface area contributed by atoms with Crippen molar-refractivity contribution >= 4 is 46.3 Å². The minimum Gasteiger partial charge on any atom is -0.335 e. The van der Waals surface area contributed by atoms with Gasteiger partial charge in [0, 0.05) is 5.69 Å². The molecule has 0 aliphatic rings. The number of benzene rings is 2. The third kappa shape index (κ3) is 4.95. The summed E-state index contributed by atoms with van der Waals surface area (Å²) in [5.41, 5.74) is 1.07. The van der Waals surface area contributed by atoms with Crippen molar-refractivity contribution in [3.8, 4) is 10.7 Å². The molecule has 0 saturated carbocycles. The van der Waals surface area contributed by atoms with Crippen molar-refractivity contribution in [3.05, 3.63) is 77.4 Å². The van der Waals surface area contributed by atoms with Crippen LogP contribution in [0.4, 0.5) is 15.8 Å². The van der Waals surface area contributed by atoms with Gasteiger partial charge in [-0.05, 0) is 47.8 Å². The number of para-hydroxylation sites is 1. The van der Waals surface area contributed by atoms with Crippen LogP contribution in [0.1, 0.15) is 10.4 Å². The van der Waals surface area contributed by atoms with Crippen LogP contribution in [0.15, 0.2) is 71.2 Å². The number of thioether (sulfide) groups is 1. The molecule has 32 heavy (non-hydrogen) atoms. The third-order valence-corrected chi connectivity index (χ3v) is 6.10. The summed E-state index contributed by atoms with van der Waals surface area (Å²) in [6, 6.07) is 15.8. The third-order valence-electron chi connectivity index (χ3n) is 4.29. The fourth-order valence-corrected chi connectivity index (χ4v) is 4.15. The monoisotopic (exact) mass is 468 g/mol. The number of amides is 2. The van der Waals surface area contributed by atoms with Crippen LogP contribution in [0.3, 0.4) is 0 Å². The minimum atomic E-state index is -0.428. The molecule has 2 aromatic carbocycles. The number of nitrogens with two attached hydrogens (primary N) is 1. The number of nitrogen functional groups attached to an aromatic ring is 1. The topological polar surface area (TPSA) is 115 Å². The second kappa shape index (κ2) is 9.62. The van der Waals surface area contributed by atoms with Crippen molar-refractivity contribution in [2.45, 2.75) is 5.16 Å². The zero-order valence-electron chi connectivity index (χ0n) is 16.5. The number of anilines is 2. The SMILES string of the molecule is Nn1c(SCC(=O)Nc2ccccc2C(=O)Nc2ccc(F)cc2)nnc1-c1cccs1. The Kier molecular flexibility index (Phi) is 6.47. The summed E-state index contributed by atoms with van der Waals surface area (Å²) in [6.45, 7) is 0. The molecule has 2 amide bonds. The first-order chi connectivity index (χ1) is 15.5. The van der Waals surface area contributed by atoms with Gasteiger partial charge in [0.05, 0.1) is 21.9 Å². The highest BCUT2D eigenvalue weighted by molar-refractivity contribution is 7.99. The van der Waals surface area contributed by atoms with Gasteiger partial charge in [0.25, 0.3) is 5.91 Å². The molecular weight excluding hydrogens is 451 g/mol. The molecule has 0 bridgehead atoms. The standard InChI is InChI=1S/C21H17FN6O2S2/c22-13-7-9-14(10-8-13)24-20(30)15-4-1-2-5-16(15)25-18(29)12-32-21-27-26-19(28(21)23)17-6-3-11-31-17/h1-11H,12,23H2,(H,24,30)(H,25,29). The van der Waals surface area contributed by atoms with Gasteiger partial charge in [-0.3, -0.25) is 9.59 Å². The fraction of sp³-hybridized carbons (Fsp3) is 0.0476. The number of hydrogen-bond donors (Lipinski definition) is 3. The van der Waals surface area contributed by atoms with Crippen LogP contribution in [0.5, 0.6) is 0 Å². The number of rotatable bonds is 7. The maximum atomic E-state index is 13.1. The van der Waals surface area contributed by atoms with E-state index < -0.39 is 11.7 Å². The van der Waals surface area contributed by atoms with E-state index in [0.29, 0.717) is 22.4 Å². The predicted molar refractivity (Wildman–Crippen MR) is 124 cm³/mol. The van der Waals surface area contributed by atoms with Gasteiger partial charge in [-0.15, -0.1) is 21.5 Å². The molecule has 8 nitrogen and oxygen atoms in total. The van der Waals surface area contributed by atoms with Crippen LogP contribution in [0.25, 0.3) is 10.7 Å². The number of hydrogen-bond acceptors (Lipinski definition) is 7. The Balaban J connectivity index is 1.40. The van der Waals surface area contributed by atoms with Gasteiger partial charge in [0.15, 0.2) is 5.82 Å². The zero-order valence-corrected chi connectivity index (χ0v) is 18.1. The summed E-state index contributed by atoms with van der Waals surface area (Å²) in [7, 11) is 0. The highest BCUT2D eigenvalue weighted by Gasteiger charge is 2.16. The molecule has 2 heterocycles. The molecule has 4 aromatic rings. The lowest BCUT2D eigenvalue weighted by Gasteiger charge is -2.11. The number of carbonyl (C=O) groups excluding carboxylic acids is 2. The van der Waals surface area contributed by atoms with E-state index in [1.807, 2.05) is 17.5 Å². The molecule has 0 saturated heterocycles. The number of nitrogens with one attached hydrogen (secondary N) is 2. The number of halogens is 1. The quantitative estimate of drug-likeness (QED) is 0.280. The Morgan fingerprint density at radius 1 is 1.03 bits per heavy atom. The Morgan fingerprint density at radius 3 is 2.56 bits per heavy atom. The molecule has 11 heteroatoms. The predicted octanol–water partition coefficient (Wildman–Crippen LogP) is 3.84. The van der Waals surface area contributed by atoms with Crippen LogP contribution in [-0.4, -0.2) is 32.4 Å². The Morgan fingerprint density at radius 2 is 1.81 bits per heavy atom. The second-order valence-corrected chi connectivity index (χ2v) is 8.39. The summed E-state index contributed by atoms with van der Waals surface area (Å²) in [5.74, 6) is 5.43. The lowest BCUT2D eigenvalue weighted by molar-refractivity contribution is -0.113. The normalized spacial score (nSPS) is 10.7. The molecule has 4 N–H and O–H groups in total. The van der Waals surface area contributed by atoms with Gasteiger partial charge in [-0.2, -0.15) is 0 Å². The summed E-state index contributed by atoms with van der Waals surface area (Å²) in [4.78, 5) is 26.0. The first-order valence-electron chi connectivity index (χ1n) is 9.34. The van der Waals surface area contributed by atoms with Crippen LogP contribution in [0.2, 0.25) is 0 Å². The first kappa shape index (κ1) is 21.5. The average molecular weight is 469 g/mol. The number of carbonyl (C=O) groups is 2. The summed E-state index contributed by atoms with van der Waals surface area (Å²) in [6.07, 6.45) is 0. The van der Waals surface area contributed by atoms with Gasteiger partial charge < -0.3 is 16.5 Å². The molecule has 0 aliphatic carbocycles. The number of nitrogens with zero attached hydrogens (tertiary/aromatic N) is 3. The maximum absolute atomic E-state index is 13.1. The van der Waals surface area contributed by atoms with Crippen molar-refractivity contribution < 1.29 is 14.0 Å². The molecule has 0 atom stereocenters. The van der Waals surface area contributed by atoms with E-state index in [1.165, 1.54) is 40.3 Å². The van der Waals surface area contributed by atoms with Crippen molar-refractivity contribution in [3.63, 3.8) is 0 Å². The highest BCUT2D eigenvalue weighted by atomic mass is 32.2. The first-order valence-corrected chi connectivity index (χ1v) is 11.2. The molecule has 0 unspecified atom stereocenters.